The number of rotatable bonds is 5. The second kappa shape index (κ2) is 8.64. The normalized spacial score (nSPS) is 20.4. The molecule has 6 nitrogen and oxygen atoms in total. The molecule has 1 amide bonds. The van der Waals surface area contributed by atoms with E-state index in [-0.39, 0.29) is 17.9 Å². The fourth-order valence-corrected chi connectivity index (χ4v) is 4.17. The van der Waals surface area contributed by atoms with Crippen LogP contribution >= 0.6 is 0 Å². The van der Waals surface area contributed by atoms with Crippen molar-refractivity contribution in [3.63, 3.8) is 0 Å². The number of hydrogen-bond acceptors (Lipinski definition) is 5. The number of aryl methyl sites for hydroxylation is 1. The Bertz CT molecular complexity index is 939. The molecule has 1 saturated heterocycles. The van der Waals surface area contributed by atoms with E-state index in [0.717, 1.165) is 18.4 Å². The van der Waals surface area contributed by atoms with Gasteiger partial charge in [0.2, 0.25) is 0 Å². The van der Waals surface area contributed by atoms with E-state index in [2.05, 4.69) is 11.9 Å². The number of nitrogens with zero attached hydrogens (tertiary/aromatic N) is 2. The maximum atomic E-state index is 13.5. The Morgan fingerprint density at radius 3 is 2.53 bits per heavy atom. The van der Waals surface area contributed by atoms with Crippen LogP contribution in [0, 0.1) is 6.92 Å². The number of oxazole rings is 1. The Morgan fingerprint density at radius 2 is 1.97 bits per heavy atom. The Hall–Kier alpha value is -2.60. The van der Waals surface area contributed by atoms with E-state index in [4.69, 9.17) is 9.15 Å². The second-order valence-corrected chi connectivity index (χ2v) is 8.50. The fraction of sp³-hybridized carbons (Fsp3) is 0.500. The molecule has 1 aromatic heterocycles. The number of aliphatic hydroxyl groups is 1. The van der Waals surface area contributed by atoms with Crippen LogP contribution in [0.2, 0.25) is 0 Å². The maximum absolute atomic E-state index is 13.5. The van der Waals surface area contributed by atoms with Crippen molar-refractivity contribution in [1.82, 2.24) is 9.88 Å². The zero-order valence-electron chi connectivity index (χ0n) is 18.7. The van der Waals surface area contributed by atoms with Crippen molar-refractivity contribution in [1.29, 1.82) is 0 Å². The Balaban J connectivity index is 1.90. The first-order valence-electron chi connectivity index (χ1n) is 10.5. The lowest BCUT2D eigenvalue weighted by Gasteiger charge is -2.37. The van der Waals surface area contributed by atoms with Crippen LogP contribution in [-0.2, 0) is 10.3 Å². The number of allylic oxidation sites excluding steroid dienone is 1. The number of benzene rings is 1. The minimum Gasteiger partial charge on any atom is -0.496 e. The highest BCUT2D eigenvalue weighted by atomic mass is 16.5. The van der Waals surface area contributed by atoms with Crippen LogP contribution in [0.5, 0.6) is 0 Å². The molecular formula is C24H32N2O4. The molecule has 30 heavy (non-hydrogen) atoms. The average Bonchev–Trinajstić information content (AvgIpc) is 3.11. The van der Waals surface area contributed by atoms with Crippen LogP contribution in [0.15, 0.2) is 34.8 Å². The summed E-state index contributed by atoms with van der Waals surface area (Å²) in [6, 6.07) is 7.65. The number of aromatic nitrogens is 1. The molecule has 2 atom stereocenters. The summed E-state index contributed by atoms with van der Waals surface area (Å²) in [5.74, 6) is 1.87. The van der Waals surface area contributed by atoms with E-state index in [1.165, 1.54) is 0 Å². The second-order valence-electron chi connectivity index (χ2n) is 8.50. The highest BCUT2D eigenvalue weighted by molar-refractivity contribution is 5.99. The van der Waals surface area contributed by atoms with Gasteiger partial charge in [-0.05, 0) is 59.6 Å². The smallest absolute Gasteiger partial charge is 0.254 e. The molecule has 2 heterocycles. The first-order valence-corrected chi connectivity index (χ1v) is 10.5. The van der Waals surface area contributed by atoms with E-state index in [1.54, 1.807) is 21.0 Å². The van der Waals surface area contributed by atoms with E-state index in [9.17, 15) is 9.90 Å². The van der Waals surface area contributed by atoms with E-state index in [0.29, 0.717) is 35.2 Å². The standard InChI is InChI=1S/C24H32N2O4/c1-7-20(29-6)18-10-8-9-11-19(18)23(27)26-14-17(13-12-15(26)2)22-25-21(16(3)30-22)24(4,5)28/h7-11,15,17,28H,12-14H2,1-6H3. The van der Waals surface area contributed by atoms with Gasteiger partial charge in [-0.2, -0.15) is 0 Å². The summed E-state index contributed by atoms with van der Waals surface area (Å²) in [4.78, 5) is 20.0. The van der Waals surface area contributed by atoms with Crippen LogP contribution in [0.4, 0.5) is 0 Å². The third-order valence-electron chi connectivity index (χ3n) is 5.79. The molecule has 6 heteroatoms. The van der Waals surface area contributed by atoms with Crippen LogP contribution < -0.4 is 0 Å². The first kappa shape index (κ1) is 22.1. The Kier molecular flexibility index (Phi) is 6.36. The number of carbonyl (C=O) groups is 1. The molecule has 1 aliphatic rings. The van der Waals surface area contributed by atoms with Crippen molar-refractivity contribution in [3.05, 3.63) is 58.8 Å². The molecule has 0 aliphatic carbocycles. The average molecular weight is 413 g/mol. The molecule has 2 aromatic rings. The van der Waals surface area contributed by atoms with Crippen LogP contribution in [0.3, 0.4) is 0 Å². The summed E-state index contributed by atoms with van der Waals surface area (Å²) in [7, 11) is 1.61. The maximum Gasteiger partial charge on any atom is 0.254 e. The van der Waals surface area contributed by atoms with Gasteiger partial charge in [-0.3, -0.25) is 4.79 Å². The molecule has 1 aliphatic heterocycles. The monoisotopic (exact) mass is 412 g/mol. The molecule has 162 valence electrons. The largest absolute Gasteiger partial charge is 0.496 e. The molecule has 0 radical (unpaired) electrons. The minimum absolute atomic E-state index is 0.00396. The van der Waals surface area contributed by atoms with Crippen molar-refractivity contribution in [2.45, 2.75) is 65.0 Å². The highest BCUT2D eigenvalue weighted by Gasteiger charge is 2.35. The molecule has 3 rings (SSSR count). The minimum atomic E-state index is -1.06. The topological polar surface area (TPSA) is 75.8 Å². The molecular weight excluding hydrogens is 380 g/mol. The quantitative estimate of drug-likeness (QED) is 0.725. The Labute approximate surface area is 178 Å². The van der Waals surface area contributed by atoms with Gasteiger partial charge in [-0.25, -0.2) is 4.98 Å². The predicted octanol–water partition coefficient (Wildman–Crippen LogP) is 4.63. The number of carbonyl (C=O) groups excluding carboxylic acids is 1. The van der Waals surface area contributed by atoms with Crippen molar-refractivity contribution in [2.75, 3.05) is 13.7 Å². The van der Waals surface area contributed by atoms with Crippen LogP contribution in [0.1, 0.15) is 79.7 Å². The van der Waals surface area contributed by atoms with Gasteiger partial charge in [0.25, 0.3) is 5.91 Å². The van der Waals surface area contributed by atoms with Crippen molar-refractivity contribution in [3.8, 4) is 0 Å². The molecule has 1 aromatic carbocycles. The molecule has 0 bridgehead atoms. The highest BCUT2D eigenvalue weighted by Crippen LogP contribution is 2.34. The SMILES string of the molecule is CC=C(OC)c1ccccc1C(=O)N1CC(c2nc(C(C)(C)O)c(C)o2)CCC1C. The van der Waals surface area contributed by atoms with Gasteiger partial charge in [0.15, 0.2) is 5.89 Å². The predicted molar refractivity (Wildman–Crippen MR) is 116 cm³/mol. The summed E-state index contributed by atoms with van der Waals surface area (Å²) in [5, 5.41) is 10.3. The molecule has 0 spiro atoms. The number of hydrogen-bond donors (Lipinski definition) is 1. The van der Waals surface area contributed by atoms with Gasteiger partial charge >= 0.3 is 0 Å². The van der Waals surface area contributed by atoms with Crippen molar-refractivity contribution < 1.29 is 19.1 Å². The summed E-state index contributed by atoms with van der Waals surface area (Å²) >= 11 is 0. The summed E-state index contributed by atoms with van der Waals surface area (Å²) in [6.07, 6.45) is 3.61. The van der Waals surface area contributed by atoms with Gasteiger partial charge in [0, 0.05) is 18.2 Å². The molecule has 1 fully saturated rings. The lowest BCUT2D eigenvalue weighted by atomic mass is 9.92. The van der Waals surface area contributed by atoms with E-state index < -0.39 is 5.60 Å². The van der Waals surface area contributed by atoms with Crippen molar-refractivity contribution >= 4 is 11.7 Å². The van der Waals surface area contributed by atoms with Gasteiger partial charge in [-0.1, -0.05) is 18.2 Å². The summed E-state index contributed by atoms with van der Waals surface area (Å²) < 4.78 is 11.4. The van der Waals surface area contributed by atoms with Crippen molar-refractivity contribution in [2.24, 2.45) is 0 Å². The summed E-state index contributed by atoms with van der Waals surface area (Å²) in [6.45, 7) is 9.71. The number of amides is 1. The van der Waals surface area contributed by atoms with Gasteiger partial charge in [0.1, 0.15) is 22.8 Å². The van der Waals surface area contributed by atoms with Gasteiger partial charge < -0.3 is 19.2 Å². The fourth-order valence-electron chi connectivity index (χ4n) is 4.17. The molecule has 1 N–H and O–H groups in total. The number of ether oxygens (including phenoxy) is 1. The van der Waals surface area contributed by atoms with Gasteiger partial charge in [0.05, 0.1) is 18.6 Å². The third-order valence-corrected chi connectivity index (χ3v) is 5.79. The zero-order valence-corrected chi connectivity index (χ0v) is 18.7. The van der Waals surface area contributed by atoms with Crippen LogP contribution in [0.25, 0.3) is 5.76 Å². The lowest BCUT2D eigenvalue weighted by molar-refractivity contribution is 0.0594. The third kappa shape index (κ3) is 4.29. The van der Waals surface area contributed by atoms with Crippen LogP contribution in [-0.4, -0.2) is 40.6 Å². The number of likely N-dealkylation sites (tertiary alicyclic amines) is 1. The Morgan fingerprint density at radius 1 is 1.30 bits per heavy atom. The zero-order chi connectivity index (χ0) is 22.1. The number of piperidine rings is 1. The lowest BCUT2D eigenvalue weighted by Crippen LogP contribution is -2.45. The van der Waals surface area contributed by atoms with E-state index in [1.807, 2.05) is 49.1 Å². The summed E-state index contributed by atoms with van der Waals surface area (Å²) in [5.41, 5.74) is 0.904. The number of methoxy groups -OCH3 is 1. The molecule has 2 unspecified atom stereocenters. The molecule has 0 saturated carbocycles. The first-order chi connectivity index (χ1) is 14.2. The van der Waals surface area contributed by atoms with E-state index >= 15 is 0 Å². The van der Waals surface area contributed by atoms with Gasteiger partial charge in [-0.15, -0.1) is 0 Å².